The molecule has 1 aliphatic rings. The van der Waals surface area contributed by atoms with Crippen LogP contribution in [0.1, 0.15) is 35.6 Å². The van der Waals surface area contributed by atoms with Gasteiger partial charge in [0, 0.05) is 25.1 Å². The van der Waals surface area contributed by atoms with Crippen molar-refractivity contribution in [2.45, 2.75) is 39.2 Å². The highest BCUT2D eigenvalue weighted by molar-refractivity contribution is 5.93. The third-order valence-corrected chi connectivity index (χ3v) is 6.88. The van der Waals surface area contributed by atoms with Gasteiger partial charge in [0.2, 0.25) is 6.19 Å². The van der Waals surface area contributed by atoms with Crippen molar-refractivity contribution in [1.82, 2.24) is 13.7 Å². The Morgan fingerprint density at radius 1 is 1.15 bits per heavy atom. The van der Waals surface area contributed by atoms with Crippen LogP contribution in [0.5, 0.6) is 0 Å². The predicted molar refractivity (Wildman–Crippen MR) is 147 cm³/mol. The van der Waals surface area contributed by atoms with Gasteiger partial charge in [-0.15, -0.1) is 0 Å². The Bertz CT molecular complexity index is 1910. The van der Waals surface area contributed by atoms with Crippen molar-refractivity contribution in [2.24, 2.45) is 17.8 Å². The number of nitrogens with one attached hydrogen (secondary N) is 1. The van der Waals surface area contributed by atoms with E-state index in [1.165, 1.54) is 32.9 Å². The maximum atomic E-state index is 14.8. The van der Waals surface area contributed by atoms with Crippen LogP contribution < -0.4 is 27.9 Å². The quantitative estimate of drug-likeness (QED) is 0.224. The third kappa shape index (κ3) is 4.50. The SMILES string of the molecule is Cc1ccc(Nc2c3c(=O)n(C4CC4)c(=O)n(-c4cccc(CC(N)=NC#N)c4)c3c(C)c(=O)n2C)c(F)c1. The number of hydrogen-bond donors (Lipinski definition) is 2. The van der Waals surface area contributed by atoms with Crippen LogP contribution in [0.4, 0.5) is 15.9 Å². The second-order valence-corrected chi connectivity index (χ2v) is 9.74. The average Bonchev–Trinajstić information content (AvgIpc) is 3.72. The van der Waals surface area contributed by atoms with E-state index in [0.29, 0.717) is 29.7 Å². The summed E-state index contributed by atoms with van der Waals surface area (Å²) in [4.78, 5) is 44.7. The van der Waals surface area contributed by atoms with E-state index in [2.05, 4.69) is 10.3 Å². The van der Waals surface area contributed by atoms with E-state index in [4.69, 9.17) is 11.0 Å². The van der Waals surface area contributed by atoms with E-state index in [1.54, 1.807) is 50.4 Å². The fourth-order valence-electron chi connectivity index (χ4n) is 4.82. The molecule has 0 unspecified atom stereocenters. The number of aliphatic imine (C=N–C) groups is 1. The molecule has 2 aromatic carbocycles. The van der Waals surface area contributed by atoms with E-state index in [-0.39, 0.29) is 46.3 Å². The number of nitrogens with zero attached hydrogens (tertiary/aromatic N) is 5. The van der Waals surface area contributed by atoms with Gasteiger partial charge < -0.3 is 11.1 Å². The number of aryl methyl sites for hydroxylation is 2. The van der Waals surface area contributed by atoms with Gasteiger partial charge in [-0.1, -0.05) is 18.2 Å². The van der Waals surface area contributed by atoms with Gasteiger partial charge >= 0.3 is 5.69 Å². The number of aromatic nitrogens is 3. The number of halogens is 1. The topological polar surface area (TPSA) is 140 Å². The lowest BCUT2D eigenvalue weighted by Crippen LogP contribution is -2.41. The number of fused-ring (bicyclic) bond motifs is 1. The summed E-state index contributed by atoms with van der Waals surface area (Å²) >= 11 is 0. The maximum Gasteiger partial charge on any atom is 0.336 e. The molecule has 1 saturated carbocycles. The van der Waals surface area contributed by atoms with Gasteiger partial charge in [0.05, 0.1) is 16.9 Å². The normalized spacial score (nSPS) is 13.5. The number of anilines is 2. The van der Waals surface area contributed by atoms with Gasteiger partial charge in [-0.25, -0.2) is 9.18 Å². The van der Waals surface area contributed by atoms with Gasteiger partial charge in [-0.3, -0.25) is 23.3 Å². The summed E-state index contributed by atoms with van der Waals surface area (Å²) in [6.07, 6.45) is 3.15. The Kier molecular flexibility index (Phi) is 6.39. The molecule has 2 heterocycles. The van der Waals surface area contributed by atoms with E-state index in [9.17, 15) is 18.8 Å². The average molecular weight is 528 g/mol. The van der Waals surface area contributed by atoms with Crippen LogP contribution in [0.3, 0.4) is 0 Å². The van der Waals surface area contributed by atoms with Gasteiger partial charge in [0.25, 0.3) is 11.1 Å². The molecule has 0 radical (unpaired) electrons. The van der Waals surface area contributed by atoms with Crippen LogP contribution in [-0.2, 0) is 13.5 Å². The lowest BCUT2D eigenvalue weighted by molar-refractivity contribution is 0.630. The van der Waals surface area contributed by atoms with Crippen molar-refractivity contribution < 1.29 is 4.39 Å². The molecule has 1 fully saturated rings. The first-order valence-electron chi connectivity index (χ1n) is 12.4. The standard InChI is InChI=1S/C28H26FN7O3/c1-15-7-10-21(20(29)11-15)33-25-23-24(16(2)26(37)34(25)3)35(28(39)36(27(23)38)18-8-9-18)19-6-4-5-17(12-19)13-22(31)32-14-30/h4-7,10-12,18,33H,8-9,13H2,1-3H3,(H2,31,32). The summed E-state index contributed by atoms with van der Waals surface area (Å²) in [6.45, 7) is 3.31. The Morgan fingerprint density at radius 3 is 2.56 bits per heavy atom. The van der Waals surface area contributed by atoms with Crippen molar-refractivity contribution in [3.63, 3.8) is 0 Å². The van der Waals surface area contributed by atoms with Gasteiger partial charge in [0.15, 0.2) is 0 Å². The Hall–Kier alpha value is -4.98. The molecule has 11 heteroatoms. The molecule has 10 nitrogen and oxygen atoms in total. The van der Waals surface area contributed by atoms with Crippen molar-refractivity contribution in [3.05, 3.63) is 96.2 Å². The van der Waals surface area contributed by atoms with Gasteiger partial charge in [0.1, 0.15) is 22.9 Å². The smallest absolute Gasteiger partial charge is 0.336 e. The summed E-state index contributed by atoms with van der Waals surface area (Å²) in [5.41, 5.74) is 6.46. The molecule has 0 bridgehead atoms. The monoisotopic (exact) mass is 527 g/mol. The molecule has 0 atom stereocenters. The highest BCUT2D eigenvalue weighted by Crippen LogP contribution is 2.34. The van der Waals surface area contributed by atoms with Crippen LogP contribution in [0.25, 0.3) is 16.6 Å². The number of nitrogens with two attached hydrogens (primary N) is 1. The van der Waals surface area contributed by atoms with E-state index >= 15 is 0 Å². The zero-order valence-corrected chi connectivity index (χ0v) is 21.7. The van der Waals surface area contributed by atoms with Crippen LogP contribution in [0, 0.1) is 31.1 Å². The highest BCUT2D eigenvalue weighted by Gasteiger charge is 2.31. The summed E-state index contributed by atoms with van der Waals surface area (Å²) in [7, 11) is 1.50. The largest absolute Gasteiger partial charge is 0.386 e. The lowest BCUT2D eigenvalue weighted by Gasteiger charge is -2.21. The Morgan fingerprint density at radius 2 is 1.90 bits per heavy atom. The molecule has 0 saturated heterocycles. The van der Waals surface area contributed by atoms with Crippen LogP contribution in [-0.4, -0.2) is 19.5 Å². The maximum absolute atomic E-state index is 14.8. The predicted octanol–water partition coefficient (Wildman–Crippen LogP) is 3.07. The fourth-order valence-corrected chi connectivity index (χ4v) is 4.82. The van der Waals surface area contributed by atoms with Crippen LogP contribution in [0.2, 0.25) is 0 Å². The molecule has 4 aromatic rings. The first-order valence-corrected chi connectivity index (χ1v) is 12.4. The minimum Gasteiger partial charge on any atom is -0.386 e. The summed E-state index contributed by atoms with van der Waals surface area (Å²) < 4.78 is 18.7. The molecule has 5 rings (SSSR count). The van der Waals surface area contributed by atoms with Crippen LogP contribution >= 0.6 is 0 Å². The molecule has 3 N–H and O–H groups in total. The zero-order chi connectivity index (χ0) is 28.0. The van der Waals surface area contributed by atoms with E-state index in [0.717, 1.165) is 0 Å². The molecule has 1 aliphatic carbocycles. The minimum atomic E-state index is -0.574. The van der Waals surface area contributed by atoms with Crippen LogP contribution in [0.15, 0.2) is 61.8 Å². The molecule has 2 aromatic heterocycles. The molecule has 0 amide bonds. The van der Waals surface area contributed by atoms with E-state index in [1.807, 2.05) is 0 Å². The third-order valence-electron chi connectivity index (χ3n) is 6.88. The van der Waals surface area contributed by atoms with Gasteiger partial charge in [-0.2, -0.15) is 10.3 Å². The van der Waals surface area contributed by atoms with Crippen molar-refractivity contribution >= 4 is 28.2 Å². The second-order valence-electron chi connectivity index (χ2n) is 9.74. The first kappa shape index (κ1) is 25.7. The fraction of sp³-hybridized carbons (Fsp3) is 0.250. The number of amidine groups is 1. The van der Waals surface area contributed by atoms with Crippen molar-refractivity contribution in [1.29, 1.82) is 5.26 Å². The number of benzene rings is 2. The van der Waals surface area contributed by atoms with Gasteiger partial charge in [-0.05, 0) is 62.1 Å². The molecule has 0 aliphatic heterocycles. The van der Waals surface area contributed by atoms with Crippen molar-refractivity contribution in [2.75, 3.05) is 5.32 Å². The van der Waals surface area contributed by atoms with Crippen molar-refractivity contribution in [3.8, 4) is 11.9 Å². The molecule has 0 spiro atoms. The lowest BCUT2D eigenvalue weighted by atomic mass is 10.1. The number of rotatable bonds is 6. The second kappa shape index (κ2) is 9.72. The molecular formula is C28H26FN7O3. The Balaban J connectivity index is 1.86. The molecule has 198 valence electrons. The minimum absolute atomic E-state index is 0.0815. The Labute approximate surface area is 222 Å². The first-order chi connectivity index (χ1) is 18.6. The highest BCUT2D eigenvalue weighted by atomic mass is 19.1. The number of hydrogen-bond acceptors (Lipinski definition) is 6. The molecular weight excluding hydrogens is 501 g/mol. The van der Waals surface area contributed by atoms with E-state index < -0.39 is 22.6 Å². The summed E-state index contributed by atoms with van der Waals surface area (Å²) in [5.74, 6) is -0.360. The number of pyridine rings is 1. The summed E-state index contributed by atoms with van der Waals surface area (Å²) in [6, 6.07) is 11.2. The summed E-state index contributed by atoms with van der Waals surface area (Å²) in [5, 5.41) is 11.8. The zero-order valence-electron chi connectivity index (χ0n) is 21.7. The number of nitriles is 1. The molecule has 39 heavy (non-hydrogen) atoms.